The Morgan fingerprint density at radius 1 is 1.14 bits per heavy atom. The molecule has 0 bridgehead atoms. The van der Waals surface area contributed by atoms with E-state index in [0.29, 0.717) is 23.2 Å². The number of nitrogens with zero attached hydrogens (tertiary/aromatic N) is 3. The fourth-order valence-electron chi connectivity index (χ4n) is 1.84. The minimum absolute atomic E-state index is 0.506. The first kappa shape index (κ1) is 15.0. The summed E-state index contributed by atoms with van der Waals surface area (Å²) in [5.74, 6) is 2.60. The third-order valence-electron chi connectivity index (χ3n) is 3.14. The molecule has 0 spiro atoms. The van der Waals surface area contributed by atoms with Gasteiger partial charge in [0.05, 0.1) is 0 Å². The molecule has 0 unspecified atom stereocenters. The summed E-state index contributed by atoms with van der Waals surface area (Å²) in [6, 6.07) is 3.87. The van der Waals surface area contributed by atoms with Gasteiger partial charge in [-0.15, -0.1) is 0 Å². The van der Waals surface area contributed by atoms with Gasteiger partial charge in [-0.05, 0) is 30.9 Å². The van der Waals surface area contributed by atoms with Crippen molar-refractivity contribution in [2.75, 3.05) is 22.9 Å². The highest BCUT2D eigenvalue weighted by Gasteiger charge is 2.09. The second-order valence-corrected chi connectivity index (χ2v) is 5.39. The van der Waals surface area contributed by atoms with Crippen LogP contribution in [0, 0.1) is 12.8 Å². The van der Waals surface area contributed by atoms with E-state index in [1.807, 2.05) is 19.1 Å². The third-order valence-corrected chi connectivity index (χ3v) is 3.14. The van der Waals surface area contributed by atoms with E-state index in [1.165, 1.54) is 6.33 Å². The Kier molecular flexibility index (Phi) is 4.92. The van der Waals surface area contributed by atoms with Crippen LogP contribution >= 0.6 is 0 Å². The molecule has 2 aromatic rings. The molecule has 0 aliphatic heterocycles. The highest BCUT2D eigenvalue weighted by Crippen LogP contribution is 2.26. The van der Waals surface area contributed by atoms with Crippen LogP contribution in [0.1, 0.15) is 25.8 Å². The summed E-state index contributed by atoms with van der Waals surface area (Å²) in [4.78, 5) is 12.7. The van der Waals surface area contributed by atoms with Gasteiger partial charge < -0.3 is 16.4 Å². The van der Waals surface area contributed by atoms with Crippen molar-refractivity contribution in [3.8, 4) is 0 Å². The van der Waals surface area contributed by atoms with E-state index in [4.69, 9.17) is 5.73 Å². The van der Waals surface area contributed by atoms with Crippen molar-refractivity contribution in [1.29, 1.82) is 0 Å². The van der Waals surface area contributed by atoms with E-state index in [0.717, 1.165) is 24.3 Å². The number of nitrogens with two attached hydrogens (primary N) is 1. The summed E-state index contributed by atoms with van der Waals surface area (Å²) in [6.07, 6.45) is 4.29. The normalized spacial score (nSPS) is 10.7. The third kappa shape index (κ3) is 4.05. The number of aryl methyl sites for hydroxylation is 1. The van der Waals surface area contributed by atoms with Crippen LogP contribution in [0.2, 0.25) is 0 Å². The average Bonchev–Trinajstić information content (AvgIpc) is 2.45. The molecule has 0 saturated heterocycles. The molecule has 2 heterocycles. The highest BCUT2D eigenvalue weighted by atomic mass is 15.1. The van der Waals surface area contributed by atoms with Crippen LogP contribution < -0.4 is 16.4 Å². The quantitative estimate of drug-likeness (QED) is 0.756. The molecule has 2 aromatic heterocycles. The molecule has 6 nitrogen and oxygen atoms in total. The molecule has 21 heavy (non-hydrogen) atoms. The summed E-state index contributed by atoms with van der Waals surface area (Å²) in [5, 5.41) is 6.40. The Hall–Kier alpha value is -2.37. The van der Waals surface area contributed by atoms with E-state index < -0.39 is 0 Å². The first-order valence-electron chi connectivity index (χ1n) is 7.11. The van der Waals surface area contributed by atoms with E-state index in [-0.39, 0.29) is 0 Å². The Labute approximate surface area is 125 Å². The van der Waals surface area contributed by atoms with E-state index in [2.05, 4.69) is 39.4 Å². The highest BCUT2D eigenvalue weighted by molar-refractivity contribution is 5.77. The van der Waals surface area contributed by atoms with Crippen molar-refractivity contribution in [2.45, 2.75) is 27.2 Å². The predicted octanol–water partition coefficient (Wildman–Crippen LogP) is 2.96. The fourth-order valence-corrected chi connectivity index (χ4v) is 1.84. The first-order valence-corrected chi connectivity index (χ1v) is 7.11. The molecule has 0 aromatic carbocycles. The molecule has 112 valence electrons. The number of rotatable bonds is 6. The maximum absolute atomic E-state index is 6.12. The molecule has 2 rings (SSSR count). The van der Waals surface area contributed by atoms with Crippen molar-refractivity contribution >= 4 is 23.1 Å². The van der Waals surface area contributed by atoms with Gasteiger partial charge in [0.15, 0.2) is 11.6 Å². The van der Waals surface area contributed by atoms with Gasteiger partial charge in [0.1, 0.15) is 17.8 Å². The number of pyridine rings is 1. The smallest absolute Gasteiger partial charge is 0.160 e. The summed E-state index contributed by atoms with van der Waals surface area (Å²) in [5.41, 5.74) is 7.66. The topological polar surface area (TPSA) is 88.8 Å². The largest absolute Gasteiger partial charge is 0.393 e. The Morgan fingerprint density at radius 3 is 2.62 bits per heavy atom. The Balaban J connectivity index is 2.12. The molecule has 0 amide bonds. The molecule has 0 aliphatic rings. The molecule has 0 saturated carbocycles. The van der Waals surface area contributed by atoms with Crippen molar-refractivity contribution < 1.29 is 0 Å². The van der Waals surface area contributed by atoms with Gasteiger partial charge in [-0.2, -0.15) is 0 Å². The number of nitrogen functional groups attached to an aromatic ring is 1. The molecule has 0 atom stereocenters. The van der Waals surface area contributed by atoms with Crippen LogP contribution in [0.5, 0.6) is 0 Å². The van der Waals surface area contributed by atoms with Crippen molar-refractivity contribution in [2.24, 2.45) is 5.92 Å². The molecule has 0 radical (unpaired) electrons. The molecule has 0 fully saturated rings. The van der Waals surface area contributed by atoms with Crippen molar-refractivity contribution in [3.63, 3.8) is 0 Å². The van der Waals surface area contributed by atoms with Crippen LogP contribution in [0.15, 0.2) is 24.7 Å². The van der Waals surface area contributed by atoms with E-state index in [9.17, 15) is 0 Å². The maximum atomic E-state index is 6.12. The summed E-state index contributed by atoms with van der Waals surface area (Å²) in [7, 11) is 0. The number of hydrogen-bond acceptors (Lipinski definition) is 6. The summed E-state index contributed by atoms with van der Waals surface area (Å²) < 4.78 is 0. The fraction of sp³-hybridized carbons (Fsp3) is 0.400. The Bertz CT molecular complexity index is 596. The number of aromatic nitrogens is 3. The number of nitrogens with one attached hydrogen (secondary N) is 2. The summed E-state index contributed by atoms with van der Waals surface area (Å²) in [6.45, 7) is 7.18. The predicted molar refractivity (Wildman–Crippen MR) is 86.6 cm³/mol. The second-order valence-electron chi connectivity index (χ2n) is 5.39. The minimum Gasteiger partial charge on any atom is -0.393 e. The van der Waals surface area contributed by atoms with E-state index in [1.54, 1.807) is 6.20 Å². The SMILES string of the molecule is Cc1cccnc1Nc1ncnc(NCCC(C)C)c1N. The van der Waals surface area contributed by atoms with Crippen LogP contribution in [0.4, 0.5) is 23.1 Å². The number of hydrogen-bond donors (Lipinski definition) is 3. The van der Waals surface area contributed by atoms with Gasteiger partial charge in [-0.3, -0.25) is 0 Å². The zero-order chi connectivity index (χ0) is 15.2. The van der Waals surface area contributed by atoms with Crippen molar-refractivity contribution in [3.05, 3.63) is 30.2 Å². The molecular weight excluding hydrogens is 264 g/mol. The monoisotopic (exact) mass is 286 g/mol. The summed E-state index contributed by atoms with van der Waals surface area (Å²) >= 11 is 0. The van der Waals surface area contributed by atoms with Gasteiger partial charge in [-0.25, -0.2) is 15.0 Å². The van der Waals surface area contributed by atoms with Crippen LogP contribution in [-0.2, 0) is 0 Å². The standard InChI is InChI=1S/C15H22N6/c1-10(2)6-8-18-14-12(16)15(20-9-19-14)21-13-11(3)5-4-7-17-13/h4-5,7,9-10H,6,8,16H2,1-3H3,(H2,17,18,19,20,21). The number of anilines is 4. The van der Waals surface area contributed by atoms with Gasteiger partial charge in [0, 0.05) is 12.7 Å². The van der Waals surface area contributed by atoms with Crippen LogP contribution in [0.25, 0.3) is 0 Å². The lowest BCUT2D eigenvalue weighted by Gasteiger charge is -2.13. The van der Waals surface area contributed by atoms with Gasteiger partial charge in [-0.1, -0.05) is 19.9 Å². The molecule has 4 N–H and O–H groups in total. The van der Waals surface area contributed by atoms with Crippen molar-refractivity contribution in [1.82, 2.24) is 15.0 Å². The zero-order valence-corrected chi connectivity index (χ0v) is 12.7. The lowest BCUT2D eigenvalue weighted by molar-refractivity contribution is 0.606. The van der Waals surface area contributed by atoms with E-state index >= 15 is 0 Å². The second kappa shape index (κ2) is 6.88. The van der Waals surface area contributed by atoms with Gasteiger partial charge in [0.2, 0.25) is 0 Å². The van der Waals surface area contributed by atoms with Gasteiger partial charge >= 0.3 is 0 Å². The zero-order valence-electron chi connectivity index (χ0n) is 12.7. The molecular formula is C15H22N6. The Morgan fingerprint density at radius 2 is 1.90 bits per heavy atom. The maximum Gasteiger partial charge on any atom is 0.160 e. The first-order chi connectivity index (χ1) is 10.1. The van der Waals surface area contributed by atoms with Crippen LogP contribution in [-0.4, -0.2) is 21.5 Å². The molecule has 0 aliphatic carbocycles. The van der Waals surface area contributed by atoms with Crippen LogP contribution in [0.3, 0.4) is 0 Å². The minimum atomic E-state index is 0.506. The lowest BCUT2D eigenvalue weighted by atomic mass is 10.1. The lowest BCUT2D eigenvalue weighted by Crippen LogP contribution is -2.11. The molecule has 6 heteroatoms. The average molecular weight is 286 g/mol. The van der Waals surface area contributed by atoms with Gasteiger partial charge in [0.25, 0.3) is 0 Å².